The molecular weight excluding hydrogens is 595 g/mol. The van der Waals surface area contributed by atoms with Gasteiger partial charge >= 0.3 is 0 Å². The Hall–Kier alpha value is -2.68. The molecule has 36 heavy (non-hydrogen) atoms. The highest BCUT2D eigenvalue weighted by Crippen LogP contribution is 2.33. The van der Waals surface area contributed by atoms with Gasteiger partial charge in [-0.1, -0.05) is 12.1 Å². The van der Waals surface area contributed by atoms with E-state index in [2.05, 4.69) is 59.9 Å². The first-order valence-corrected chi connectivity index (χ1v) is 14.1. The number of rotatable bonds is 10. The Morgan fingerprint density at radius 2 is 1.97 bits per heavy atom. The number of para-hydroxylation sites is 1. The van der Waals surface area contributed by atoms with Gasteiger partial charge in [0.25, 0.3) is 0 Å². The number of aromatic nitrogens is 2. The summed E-state index contributed by atoms with van der Waals surface area (Å²) in [7, 11) is -0.190. The number of hydrogen-bond acceptors (Lipinski definition) is 9. The van der Waals surface area contributed by atoms with Crippen LogP contribution in [0.5, 0.6) is 11.5 Å². The van der Waals surface area contributed by atoms with Crippen LogP contribution in [0, 0.1) is 3.57 Å². The van der Waals surface area contributed by atoms with E-state index >= 15 is 0 Å². The Morgan fingerprint density at radius 1 is 1.17 bits per heavy atom. The number of ether oxygens (including phenoxy) is 2. The number of sulfonamides is 1. The van der Waals surface area contributed by atoms with Crippen molar-refractivity contribution in [2.75, 3.05) is 44.4 Å². The Bertz CT molecular complexity index is 1320. The Kier molecular flexibility index (Phi) is 8.49. The van der Waals surface area contributed by atoms with Crippen molar-refractivity contribution in [1.82, 2.24) is 19.6 Å². The Labute approximate surface area is 225 Å². The molecule has 1 aliphatic heterocycles. The van der Waals surface area contributed by atoms with Crippen LogP contribution in [0.4, 0.5) is 23.1 Å². The second-order valence-electron chi connectivity index (χ2n) is 8.23. The van der Waals surface area contributed by atoms with Crippen molar-refractivity contribution >= 4 is 55.8 Å². The lowest BCUT2D eigenvalue weighted by Crippen LogP contribution is -2.21. The lowest BCUT2D eigenvalue weighted by atomic mass is 10.2. The lowest BCUT2D eigenvalue weighted by molar-refractivity contribution is 0.207. The molecule has 2 aromatic carbocycles. The molecule has 10 nitrogen and oxygen atoms in total. The summed E-state index contributed by atoms with van der Waals surface area (Å²) in [5.41, 5.74) is 1.10. The molecule has 3 aromatic rings. The maximum Gasteiger partial charge on any atom is 0.242 e. The second kappa shape index (κ2) is 11.6. The number of likely N-dealkylation sites (tertiary alicyclic amines) is 1. The molecule has 0 unspecified atom stereocenters. The van der Waals surface area contributed by atoms with Crippen molar-refractivity contribution in [3.05, 3.63) is 52.2 Å². The van der Waals surface area contributed by atoms with E-state index < -0.39 is 10.0 Å². The third-order valence-corrected chi connectivity index (χ3v) is 7.85. The van der Waals surface area contributed by atoms with Gasteiger partial charge in [-0.15, -0.1) is 0 Å². The number of benzene rings is 2. The minimum atomic E-state index is -3.65. The summed E-state index contributed by atoms with van der Waals surface area (Å²) >= 11 is 2.10. The first-order chi connectivity index (χ1) is 17.3. The number of anilines is 4. The summed E-state index contributed by atoms with van der Waals surface area (Å²) in [5.74, 6) is 2.18. The summed E-state index contributed by atoms with van der Waals surface area (Å²) in [4.78, 5) is 11.3. The predicted octanol–water partition coefficient (Wildman–Crippen LogP) is 3.96. The summed E-state index contributed by atoms with van der Waals surface area (Å²) in [6, 6.07) is 12.3. The van der Waals surface area contributed by atoms with Crippen molar-refractivity contribution < 1.29 is 17.9 Å². The van der Waals surface area contributed by atoms with Gasteiger partial charge in [0.2, 0.25) is 16.0 Å². The molecule has 2 heterocycles. The van der Waals surface area contributed by atoms with E-state index in [-0.39, 0.29) is 11.0 Å². The largest absolute Gasteiger partial charge is 0.492 e. The van der Waals surface area contributed by atoms with Crippen molar-refractivity contribution in [1.29, 1.82) is 0 Å². The van der Waals surface area contributed by atoms with Crippen LogP contribution in [0.3, 0.4) is 0 Å². The number of nitrogens with one attached hydrogen (secondary N) is 3. The quantitative estimate of drug-likeness (QED) is 0.288. The van der Waals surface area contributed by atoms with Crippen molar-refractivity contribution in [2.24, 2.45) is 0 Å². The molecule has 1 aromatic heterocycles. The van der Waals surface area contributed by atoms with Gasteiger partial charge in [-0.2, -0.15) is 4.98 Å². The van der Waals surface area contributed by atoms with Gasteiger partial charge in [0, 0.05) is 25.4 Å². The van der Waals surface area contributed by atoms with E-state index in [1.165, 1.54) is 13.1 Å². The van der Waals surface area contributed by atoms with Crippen LogP contribution in [0.1, 0.15) is 13.3 Å². The minimum Gasteiger partial charge on any atom is -0.492 e. The molecule has 0 bridgehead atoms. The fourth-order valence-corrected chi connectivity index (χ4v) is 5.10. The van der Waals surface area contributed by atoms with Crippen molar-refractivity contribution in [3.63, 3.8) is 0 Å². The van der Waals surface area contributed by atoms with Crippen LogP contribution in [-0.2, 0) is 10.0 Å². The first kappa shape index (κ1) is 26.4. The van der Waals surface area contributed by atoms with Crippen LogP contribution in [0.25, 0.3) is 0 Å². The molecular formula is C24H29IN6O4S. The molecule has 1 atom stereocenters. The number of hydrogen-bond donors (Lipinski definition) is 3. The van der Waals surface area contributed by atoms with Crippen LogP contribution in [0.2, 0.25) is 0 Å². The summed E-state index contributed by atoms with van der Waals surface area (Å²) < 4.78 is 39.9. The average molecular weight is 625 g/mol. The smallest absolute Gasteiger partial charge is 0.242 e. The standard InChI is InChI=1S/C24H29IN6O4S/c1-4-34-21-13-16(35-17-11-12-31(3)15-17)9-10-19(21)29-24-27-14-18(25)23(30-24)28-20-7-5-6-8-22(20)36(32,33)26-2/h5-10,13-14,17,26H,4,11-12,15H2,1-3H3,(H2,27,28,29,30)/t17-/m0/s1. The maximum atomic E-state index is 12.4. The summed E-state index contributed by atoms with van der Waals surface area (Å²) in [6.45, 7) is 4.33. The molecule has 1 aliphatic rings. The monoisotopic (exact) mass is 624 g/mol. The third kappa shape index (κ3) is 6.35. The Balaban J connectivity index is 1.57. The normalized spacial score (nSPS) is 16.1. The van der Waals surface area contributed by atoms with Gasteiger partial charge in [0.05, 0.1) is 21.6 Å². The van der Waals surface area contributed by atoms with Crippen LogP contribution in [-0.4, -0.2) is 63.2 Å². The topological polar surface area (TPSA) is 118 Å². The number of nitrogens with zero attached hydrogens (tertiary/aromatic N) is 3. The van der Waals surface area contributed by atoms with Gasteiger partial charge in [-0.05, 0) is 74.3 Å². The minimum absolute atomic E-state index is 0.124. The summed E-state index contributed by atoms with van der Waals surface area (Å²) in [6.07, 6.45) is 2.80. The molecule has 1 saturated heterocycles. The maximum absolute atomic E-state index is 12.4. The van der Waals surface area contributed by atoms with Crippen molar-refractivity contribution in [2.45, 2.75) is 24.3 Å². The molecule has 1 fully saturated rings. The molecule has 0 saturated carbocycles. The van der Waals surface area contributed by atoms with Gasteiger partial charge in [-0.3, -0.25) is 0 Å². The highest BCUT2D eigenvalue weighted by Gasteiger charge is 2.22. The fraction of sp³-hybridized carbons (Fsp3) is 0.333. The number of halogens is 1. The van der Waals surface area contributed by atoms with Crippen LogP contribution in [0.15, 0.2) is 53.6 Å². The zero-order chi connectivity index (χ0) is 25.7. The van der Waals surface area contributed by atoms with E-state index in [9.17, 15) is 8.42 Å². The lowest BCUT2D eigenvalue weighted by Gasteiger charge is -2.17. The predicted molar refractivity (Wildman–Crippen MR) is 148 cm³/mol. The van der Waals surface area contributed by atoms with E-state index in [1.54, 1.807) is 24.4 Å². The van der Waals surface area contributed by atoms with Gasteiger partial charge in [0.15, 0.2) is 0 Å². The zero-order valence-corrected chi connectivity index (χ0v) is 23.3. The SMILES string of the molecule is CCOc1cc(O[C@H]2CCN(C)C2)ccc1Nc1ncc(I)c(Nc2ccccc2S(=O)(=O)NC)n1. The van der Waals surface area contributed by atoms with Gasteiger partial charge < -0.3 is 25.0 Å². The van der Waals surface area contributed by atoms with E-state index in [1.807, 2.05) is 25.1 Å². The first-order valence-electron chi connectivity index (χ1n) is 11.5. The zero-order valence-electron chi connectivity index (χ0n) is 20.3. The molecule has 0 aliphatic carbocycles. The van der Waals surface area contributed by atoms with E-state index in [0.29, 0.717) is 35.5 Å². The van der Waals surface area contributed by atoms with Gasteiger partial charge in [0.1, 0.15) is 28.3 Å². The second-order valence-corrected chi connectivity index (χ2v) is 11.2. The fourth-order valence-electron chi connectivity index (χ4n) is 3.81. The Morgan fingerprint density at radius 3 is 2.69 bits per heavy atom. The highest BCUT2D eigenvalue weighted by molar-refractivity contribution is 14.1. The van der Waals surface area contributed by atoms with E-state index in [0.717, 1.165) is 28.8 Å². The van der Waals surface area contributed by atoms with Gasteiger partial charge in [-0.25, -0.2) is 18.1 Å². The number of likely N-dealkylation sites (N-methyl/N-ethyl adjacent to an activating group) is 1. The molecule has 0 amide bonds. The summed E-state index contributed by atoms with van der Waals surface area (Å²) in [5, 5.41) is 6.34. The van der Waals surface area contributed by atoms with Crippen LogP contribution >= 0.6 is 22.6 Å². The molecule has 3 N–H and O–H groups in total. The highest BCUT2D eigenvalue weighted by atomic mass is 127. The molecule has 4 rings (SSSR count). The molecule has 192 valence electrons. The third-order valence-electron chi connectivity index (χ3n) is 5.59. The molecule has 0 radical (unpaired) electrons. The van der Waals surface area contributed by atoms with Crippen molar-refractivity contribution in [3.8, 4) is 11.5 Å². The average Bonchev–Trinajstić information content (AvgIpc) is 3.27. The molecule has 12 heteroatoms. The van der Waals surface area contributed by atoms with Crippen LogP contribution < -0.4 is 24.8 Å². The van der Waals surface area contributed by atoms with E-state index in [4.69, 9.17) is 9.47 Å². The molecule has 0 spiro atoms.